The van der Waals surface area contributed by atoms with Crippen molar-refractivity contribution in [2.45, 2.75) is 0 Å². The first-order valence-electron chi connectivity index (χ1n) is 6.60. The maximum Gasteiger partial charge on any atom is 0.200 e. The van der Waals surface area contributed by atoms with Gasteiger partial charge in [-0.05, 0) is 42.5 Å². The van der Waals surface area contributed by atoms with Crippen LogP contribution in [0, 0.1) is 5.82 Å². The number of hydrogen-bond acceptors (Lipinski definition) is 3. The van der Waals surface area contributed by atoms with Crippen molar-refractivity contribution in [2.24, 2.45) is 0 Å². The summed E-state index contributed by atoms with van der Waals surface area (Å²) in [5.41, 5.74) is 0.491. The summed E-state index contributed by atoms with van der Waals surface area (Å²) >= 11 is 0. The lowest BCUT2D eigenvalue weighted by Crippen LogP contribution is -2.16. The molecule has 110 valence electrons. The Morgan fingerprint density at radius 1 is 1.14 bits per heavy atom. The number of benzene rings is 2. The third kappa shape index (κ3) is 2.37. The van der Waals surface area contributed by atoms with Gasteiger partial charge in [0, 0.05) is 22.7 Å². The molecule has 5 heteroatoms. The van der Waals surface area contributed by atoms with Crippen LogP contribution in [0.5, 0.6) is 5.75 Å². The Morgan fingerprint density at radius 2 is 1.86 bits per heavy atom. The van der Waals surface area contributed by atoms with Crippen molar-refractivity contribution in [3.8, 4) is 5.75 Å². The van der Waals surface area contributed by atoms with E-state index in [0.29, 0.717) is 16.7 Å². The van der Waals surface area contributed by atoms with Crippen molar-refractivity contribution in [1.29, 1.82) is 0 Å². The summed E-state index contributed by atoms with van der Waals surface area (Å²) in [6, 6.07) is 10.1. The monoisotopic (exact) mass is 297 g/mol. The highest BCUT2D eigenvalue weighted by molar-refractivity contribution is 6.10. The predicted octanol–water partition coefficient (Wildman–Crippen LogP) is 2.91. The quantitative estimate of drug-likeness (QED) is 0.756. The number of rotatable bonds is 3. The molecule has 0 aliphatic heterocycles. The topological polar surface area (TPSA) is 59.2 Å². The van der Waals surface area contributed by atoms with Crippen molar-refractivity contribution in [2.75, 3.05) is 7.11 Å². The molecule has 0 aliphatic rings. The fourth-order valence-electron chi connectivity index (χ4n) is 2.25. The Bertz CT molecular complexity index is 913. The minimum atomic E-state index is -0.453. The summed E-state index contributed by atoms with van der Waals surface area (Å²) in [7, 11) is 1.50. The van der Waals surface area contributed by atoms with E-state index in [4.69, 9.17) is 4.74 Å². The number of carbonyl (C=O) groups excluding carboxylic acids is 1. The van der Waals surface area contributed by atoms with E-state index in [-0.39, 0.29) is 16.6 Å². The molecule has 0 aliphatic carbocycles. The number of ether oxygens (including phenoxy) is 1. The molecule has 1 N–H and O–H groups in total. The van der Waals surface area contributed by atoms with E-state index >= 15 is 0 Å². The molecule has 0 saturated carbocycles. The van der Waals surface area contributed by atoms with Crippen LogP contribution in [0.3, 0.4) is 0 Å². The van der Waals surface area contributed by atoms with Crippen LogP contribution < -0.4 is 10.2 Å². The van der Waals surface area contributed by atoms with Crippen LogP contribution in [0.25, 0.3) is 10.9 Å². The standard InChI is InChI=1S/C17H12FNO3/c1-22-12-6-7-15-13(8-12)17(21)14(9-19-15)16(20)10-2-4-11(18)5-3-10/h2-9H,1H3,(H,19,21). The maximum absolute atomic E-state index is 12.9. The summed E-state index contributed by atoms with van der Waals surface area (Å²) in [5, 5.41) is 0.368. The van der Waals surface area contributed by atoms with E-state index in [2.05, 4.69) is 4.98 Å². The molecule has 1 aromatic heterocycles. The lowest BCUT2D eigenvalue weighted by atomic mass is 10.0. The van der Waals surface area contributed by atoms with E-state index < -0.39 is 11.6 Å². The SMILES string of the molecule is COc1ccc2[nH]cc(C(=O)c3ccc(F)cc3)c(=O)c2c1. The molecule has 0 amide bonds. The Labute approximate surface area is 125 Å². The smallest absolute Gasteiger partial charge is 0.200 e. The maximum atomic E-state index is 12.9. The molecule has 0 bridgehead atoms. The molecule has 2 aromatic carbocycles. The highest BCUT2D eigenvalue weighted by atomic mass is 19.1. The van der Waals surface area contributed by atoms with Gasteiger partial charge in [-0.25, -0.2) is 4.39 Å². The predicted molar refractivity (Wildman–Crippen MR) is 81.0 cm³/mol. The van der Waals surface area contributed by atoms with Gasteiger partial charge >= 0.3 is 0 Å². The third-order valence-electron chi connectivity index (χ3n) is 3.44. The Hall–Kier alpha value is -2.95. The Kier molecular flexibility index (Phi) is 3.47. The summed E-state index contributed by atoms with van der Waals surface area (Å²) < 4.78 is 18.0. The number of hydrogen-bond donors (Lipinski definition) is 1. The van der Waals surface area contributed by atoms with Gasteiger partial charge in [-0.3, -0.25) is 9.59 Å². The number of ketones is 1. The number of fused-ring (bicyclic) bond motifs is 1. The molecule has 22 heavy (non-hydrogen) atoms. The first-order valence-corrected chi connectivity index (χ1v) is 6.60. The van der Waals surface area contributed by atoms with Gasteiger partial charge in [-0.1, -0.05) is 0 Å². The number of halogens is 1. The van der Waals surface area contributed by atoms with Crippen LogP contribution in [0.2, 0.25) is 0 Å². The van der Waals surface area contributed by atoms with Gasteiger partial charge in [-0.2, -0.15) is 0 Å². The minimum Gasteiger partial charge on any atom is -0.497 e. The molecule has 0 spiro atoms. The molecule has 3 aromatic rings. The number of nitrogens with one attached hydrogen (secondary N) is 1. The zero-order valence-electron chi connectivity index (χ0n) is 11.7. The first-order chi connectivity index (χ1) is 10.6. The normalized spacial score (nSPS) is 10.6. The number of aromatic amines is 1. The van der Waals surface area contributed by atoms with Crippen molar-refractivity contribution in [1.82, 2.24) is 4.98 Å². The lowest BCUT2D eigenvalue weighted by molar-refractivity contribution is 0.103. The average Bonchev–Trinajstić information content (AvgIpc) is 2.55. The van der Waals surface area contributed by atoms with Gasteiger partial charge < -0.3 is 9.72 Å². The van der Waals surface area contributed by atoms with Gasteiger partial charge in [-0.15, -0.1) is 0 Å². The number of pyridine rings is 1. The van der Waals surface area contributed by atoms with Gasteiger partial charge in [0.2, 0.25) is 5.43 Å². The molecular formula is C17H12FNO3. The molecule has 0 radical (unpaired) electrons. The van der Waals surface area contributed by atoms with Crippen molar-refractivity contribution < 1.29 is 13.9 Å². The molecule has 0 atom stereocenters. The van der Waals surface area contributed by atoms with Crippen molar-refractivity contribution >= 4 is 16.7 Å². The largest absolute Gasteiger partial charge is 0.497 e. The van der Waals surface area contributed by atoms with E-state index in [1.54, 1.807) is 18.2 Å². The van der Waals surface area contributed by atoms with Gasteiger partial charge in [0.05, 0.1) is 12.7 Å². The second-order valence-electron chi connectivity index (χ2n) is 4.78. The molecule has 3 rings (SSSR count). The minimum absolute atomic E-state index is 0.00682. The van der Waals surface area contributed by atoms with E-state index in [0.717, 1.165) is 0 Å². The van der Waals surface area contributed by atoms with E-state index in [1.165, 1.54) is 37.6 Å². The second kappa shape index (κ2) is 5.44. The fourth-order valence-corrected chi connectivity index (χ4v) is 2.25. The zero-order chi connectivity index (χ0) is 15.7. The summed E-state index contributed by atoms with van der Waals surface area (Å²) in [6.45, 7) is 0. The Morgan fingerprint density at radius 3 is 2.55 bits per heavy atom. The molecule has 4 nitrogen and oxygen atoms in total. The highest BCUT2D eigenvalue weighted by Gasteiger charge is 2.15. The molecule has 1 heterocycles. The van der Waals surface area contributed by atoms with Gasteiger partial charge in [0.1, 0.15) is 11.6 Å². The summed E-state index contributed by atoms with van der Waals surface area (Å²) in [4.78, 5) is 27.8. The molecule has 0 saturated heterocycles. The lowest BCUT2D eigenvalue weighted by Gasteiger charge is -2.05. The van der Waals surface area contributed by atoms with E-state index in [1.807, 2.05) is 0 Å². The number of aromatic nitrogens is 1. The number of H-pyrrole nitrogens is 1. The molecular weight excluding hydrogens is 285 g/mol. The number of carbonyl (C=O) groups is 1. The van der Waals surface area contributed by atoms with Crippen LogP contribution >= 0.6 is 0 Å². The van der Waals surface area contributed by atoms with Crippen LogP contribution in [-0.4, -0.2) is 17.9 Å². The first kappa shape index (κ1) is 14.0. The molecule has 0 fully saturated rings. The van der Waals surface area contributed by atoms with Crippen LogP contribution in [0.4, 0.5) is 4.39 Å². The fraction of sp³-hybridized carbons (Fsp3) is 0.0588. The van der Waals surface area contributed by atoms with Crippen molar-refractivity contribution in [3.63, 3.8) is 0 Å². The van der Waals surface area contributed by atoms with Gasteiger partial charge in [0.15, 0.2) is 5.78 Å². The summed E-state index contributed by atoms with van der Waals surface area (Å²) in [5.74, 6) is -0.357. The van der Waals surface area contributed by atoms with Crippen LogP contribution in [0.1, 0.15) is 15.9 Å². The summed E-state index contributed by atoms with van der Waals surface area (Å²) in [6.07, 6.45) is 1.38. The number of methoxy groups -OCH3 is 1. The second-order valence-corrected chi connectivity index (χ2v) is 4.78. The zero-order valence-corrected chi connectivity index (χ0v) is 11.7. The highest BCUT2D eigenvalue weighted by Crippen LogP contribution is 2.17. The third-order valence-corrected chi connectivity index (χ3v) is 3.44. The van der Waals surface area contributed by atoms with Gasteiger partial charge in [0.25, 0.3) is 0 Å². The van der Waals surface area contributed by atoms with Crippen LogP contribution in [0.15, 0.2) is 53.5 Å². The van der Waals surface area contributed by atoms with Crippen molar-refractivity contribution in [3.05, 3.63) is 75.8 Å². The molecule has 0 unspecified atom stereocenters. The van der Waals surface area contributed by atoms with Crippen LogP contribution in [-0.2, 0) is 0 Å². The van der Waals surface area contributed by atoms with E-state index in [9.17, 15) is 14.0 Å². The average molecular weight is 297 g/mol. The Balaban J connectivity index is 2.14.